The van der Waals surface area contributed by atoms with Crippen LogP contribution in [0.25, 0.3) is 0 Å². The summed E-state index contributed by atoms with van der Waals surface area (Å²) in [5.41, 5.74) is 0.693. The average molecular weight is 368 g/mol. The highest BCUT2D eigenvalue weighted by atomic mass is 32.2. The summed E-state index contributed by atoms with van der Waals surface area (Å²) in [6.45, 7) is 5.33. The predicted octanol–water partition coefficient (Wildman–Crippen LogP) is 3.00. The number of benzene rings is 1. The lowest BCUT2D eigenvalue weighted by atomic mass is 9.95. The number of guanidine groups is 1. The summed E-state index contributed by atoms with van der Waals surface area (Å²) in [6, 6.07) is 7.14. The Morgan fingerprint density at radius 2 is 2.12 bits per heavy atom. The molecule has 1 saturated carbocycles. The highest BCUT2D eigenvalue weighted by Gasteiger charge is 2.25. The molecule has 140 valence electrons. The van der Waals surface area contributed by atoms with Gasteiger partial charge in [-0.25, -0.2) is 4.39 Å². The summed E-state index contributed by atoms with van der Waals surface area (Å²) >= 11 is 0. The van der Waals surface area contributed by atoms with Crippen molar-refractivity contribution in [3.05, 3.63) is 35.6 Å². The molecule has 4 nitrogen and oxygen atoms in total. The number of nitrogens with zero attached hydrogens (tertiary/aromatic N) is 1. The van der Waals surface area contributed by atoms with Gasteiger partial charge in [0.2, 0.25) is 0 Å². The highest BCUT2D eigenvalue weighted by molar-refractivity contribution is 7.85. The van der Waals surface area contributed by atoms with Gasteiger partial charge in [0.15, 0.2) is 5.96 Å². The summed E-state index contributed by atoms with van der Waals surface area (Å²) in [5, 5.41) is 7.02. The molecule has 0 heterocycles. The van der Waals surface area contributed by atoms with Gasteiger partial charge in [-0.3, -0.25) is 9.20 Å². The number of hydrogen-bond donors (Lipinski definition) is 2. The van der Waals surface area contributed by atoms with Crippen LogP contribution in [-0.4, -0.2) is 40.3 Å². The van der Waals surface area contributed by atoms with Crippen LogP contribution in [0.1, 0.15) is 45.1 Å². The second-order valence-corrected chi connectivity index (χ2v) is 8.41. The maximum atomic E-state index is 13.7. The molecule has 0 spiro atoms. The van der Waals surface area contributed by atoms with Gasteiger partial charge in [0.05, 0.1) is 0 Å². The fourth-order valence-electron chi connectivity index (χ4n) is 3.25. The predicted molar refractivity (Wildman–Crippen MR) is 104 cm³/mol. The van der Waals surface area contributed by atoms with Crippen LogP contribution in [0.3, 0.4) is 0 Å². The van der Waals surface area contributed by atoms with E-state index in [1.54, 1.807) is 12.1 Å². The van der Waals surface area contributed by atoms with Crippen molar-refractivity contribution < 1.29 is 8.60 Å². The second kappa shape index (κ2) is 10.5. The highest BCUT2D eigenvalue weighted by Crippen LogP contribution is 2.23. The number of hydrogen-bond acceptors (Lipinski definition) is 2. The van der Waals surface area contributed by atoms with Crippen molar-refractivity contribution in [3.8, 4) is 0 Å². The number of halogens is 1. The van der Waals surface area contributed by atoms with Crippen LogP contribution in [0, 0.1) is 5.82 Å². The summed E-state index contributed by atoms with van der Waals surface area (Å²) in [5.74, 6) is 1.33. The standard InChI is InChI=1S/C19H30FN3OS/c1-3-21-19(22-13-12-15-8-5-6-11-18(15)20)23-16-9-7-10-17(14-16)25(24)4-2/h5-6,8,11,16-17H,3-4,7,9-10,12-14H2,1-2H3,(H2,21,22,23). The molecule has 2 N–H and O–H groups in total. The van der Waals surface area contributed by atoms with E-state index in [1.165, 1.54) is 6.07 Å². The molecule has 1 aliphatic rings. The van der Waals surface area contributed by atoms with Crippen LogP contribution in [0.15, 0.2) is 29.3 Å². The fourth-order valence-corrected chi connectivity index (χ4v) is 4.60. The van der Waals surface area contributed by atoms with Crippen molar-refractivity contribution in [1.29, 1.82) is 0 Å². The Kier molecular flexibility index (Phi) is 8.38. The zero-order valence-electron chi connectivity index (χ0n) is 15.3. The SMILES string of the molecule is CCNC(=NCCc1ccccc1F)NC1CCCC(S(=O)CC)C1. The molecule has 0 aliphatic heterocycles. The molecule has 3 atom stereocenters. The molecule has 0 saturated heterocycles. The van der Waals surface area contributed by atoms with Crippen molar-refractivity contribution in [2.45, 2.75) is 57.2 Å². The minimum absolute atomic E-state index is 0.173. The Balaban J connectivity index is 1.90. The zero-order chi connectivity index (χ0) is 18.1. The van der Waals surface area contributed by atoms with Crippen molar-refractivity contribution >= 4 is 16.8 Å². The summed E-state index contributed by atoms with van der Waals surface area (Å²) in [7, 11) is -0.728. The maximum absolute atomic E-state index is 13.7. The van der Waals surface area contributed by atoms with E-state index in [4.69, 9.17) is 0 Å². The van der Waals surface area contributed by atoms with Gasteiger partial charge in [0.1, 0.15) is 5.82 Å². The third-order valence-corrected chi connectivity index (χ3v) is 6.32. The van der Waals surface area contributed by atoms with Gasteiger partial charge < -0.3 is 10.6 Å². The van der Waals surface area contributed by atoms with E-state index in [2.05, 4.69) is 15.6 Å². The molecular weight excluding hydrogens is 337 g/mol. The molecule has 0 aromatic heterocycles. The van der Waals surface area contributed by atoms with Gasteiger partial charge in [-0.15, -0.1) is 0 Å². The number of rotatable bonds is 7. The first kappa shape index (κ1) is 19.9. The Labute approximate surface area is 153 Å². The Morgan fingerprint density at radius 1 is 1.32 bits per heavy atom. The lowest BCUT2D eigenvalue weighted by molar-refractivity contribution is 0.413. The maximum Gasteiger partial charge on any atom is 0.191 e. The molecule has 1 fully saturated rings. The molecule has 0 bridgehead atoms. The third kappa shape index (κ3) is 6.42. The van der Waals surface area contributed by atoms with Crippen LogP contribution < -0.4 is 10.6 Å². The second-order valence-electron chi connectivity index (χ2n) is 6.40. The summed E-state index contributed by atoms with van der Waals surface area (Å²) in [6.07, 6.45) is 4.74. The zero-order valence-corrected chi connectivity index (χ0v) is 16.1. The van der Waals surface area contributed by atoms with Gasteiger partial charge in [0.25, 0.3) is 0 Å². The smallest absolute Gasteiger partial charge is 0.191 e. The minimum atomic E-state index is -0.728. The lowest BCUT2D eigenvalue weighted by Gasteiger charge is -2.30. The first-order valence-corrected chi connectivity index (χ1v) is 10.7. The first-order chi connectivity index (χ1) is 12.1. The van der Waals surface area contributed by atoms with Gasteiger partial charge >= 0.3 is 0 Å². The molecule has 0 amide bonds. The lowest BCUT2D eigenvalue weighted by Crippen LogP contribution is -2.46. The Morgan fingerprint density at radius 3 is 2.84 bits per heavy atom. The van der Waals surface area contributed by atoms with Crippen molar-refractivity contribution in [1.82, 2.24) is 10.6 Å². The Hall–Kier alpha value is -1.43. The van der Waals surface area contributed by atoms with Crippen LogP contribution in [0.2, 0.25) is 0 Å². The molecule has 1 aliphatic carbocycles. The van der Waals surface area contributed by atoms with Gasteiger partial charge in [-0.1, -0.05) is 31.5 Å². The molecular formula is C19H30FN3OS. The molecule has 1 aromatic rings. The molecule has 6 heteroatoms. The van der Waals surface area contributed by atoms with Crippen LogP contribution >= 0.6 is 0 Å². The normalized spacial score (nSPS) is 22.4. The monoisotopic (exact) mass is 367 g/mol. The van der Waals surface area contributed by atoms with Gasteiger partial charge in [-0.2, -0.15) is 0 Å². The quantitative estimate of drug-likeness (QED) is 0.575. The summed E-state index contributed by atoms with van der Waals surface area (Å²) < 4.78 is 25.8. The topological polar surface area (TPSA) is 53.5 Å². The summed E-state index contributed by atoms with van der Waals surface area (Å²) in [4.78, 5) is 4.59. The van der Waals surface area contributed by atoms with Crippen LogP contribution in [0.4, 0.5) is 4.39 Å². The minimum Gasteiger partial charge on any atom is -0.357 e. The van der Waals surface area contributed by atoms with Crippen LogP contribution in [-0.2, 0) is 17.2 Å². The van der Waals surface area contributed by atoms with E-state index < -0.39 is 10.8 Å². The first-order valence-electron chi connectivity index (χ1n) is 9.29. The van der Waals surface area contributed by atoms with E-state index in [-0.39, 0.29) is 11.1 Å². The average Bonchev–Trinajstić information content (AvgIpc) is 2.63. The van der Waals surface area contributed by atoms with E-state index in [1.807, 2.05) is 19.9 Å². The molecule has 2 rings (SSSR count). The van der Waals surface area contributed by atoms with Crippen molar-refractivity contribution in [2.75, 3.05) is 18.8 Å². The van der Waals surface area contributed by atoms with Crippen LogP contribution in [0.5, 0.6) is 0 Å². The van der Waals surface area contributed by atoms with Gasteiger partial charge in [-0.05, 0) is 44.2 Å². The molecule has 1 aromatic carbocycles. The van der Waals surface area contributed by atoms with Crippen molar-refractivity contribution in [3.63, 3.8) is 0 Å². The third-order valence-electron chi connectivity index (χ3n) is 4.58. The fraction of sp³-hybridized carbons (Fsp3) is 0.632. The molecule has 25 heavy (non-hydrogen) atoms. The van der Waals surface area contributed by atoms with E-state index in [9.17, 15) is 8.60 Å². The van der Waals surface area contributed by atoms with E-state index in [0.29, 0.717) is 24.6 Å². The number of nitrogens with one attached hydrogen (secondary N) is 2. The van der Waals surface area contributed by atoms with E-state index in [0.717, 1.165) is 43.9 Å². The molecule has 3 unspecified atom stereocenters. The molecule has 0 radical (unpaired) electrons. The van der Waals surface area contributed by atoms with Gasteiger partial charge in [0, 0.05) is 40.9 Å². The largest absolute Gasteiger partial charge is 0.357 e. The van der Waals surface area contributed by atoms with Crippen molar-refractivity contribution in [2.24, 2.45) is 4.99 Å². The van der Waals surface area contributed by atoms with E-state index >= 15 is 0 Å². The number of aliphatic imine (C=N–C) groups is 1. The Bertz CT molecular complexity index is 594.